The van der Waals surface area contributed by atoms with Gasteiger partial charge in [-0.1, -0.05) is 18.2 Å². The molecule has 2 atom stereocenters. The summed E-state index contributed by atoms with van der Waals surface area (Å²) < 4.78 is 41.8. The molecule has 1 aliphatic heterocycles. The Bertz CT molecular complexity index is 1570. The van der Waals surface area contributed by atoms with Gasteiger partial charge in [-0.2, -0.15) is 13.2 Å². The SMILES string of the molecule is O[C@@H]1CNCC[C@H]1Nc1nc(-c2ccnc3[nH]c4ccccc4c23)nc2cncc(C(F)(F)F)c12. The van der Waals surface area contributed by atoms with E-state index < -0.39 is 23.9 Å². The van der Waals surface area contributed by atoms with Crippen molar-refractivity contribution in [3.05, 3.63) is 54.5 Å². The number of aliphatic hydroxyl groups excluding tert-OH is 1. The zero-order valence-corrected chi connectivity index (χ0v) is 18.3. The third-order valence-corrected chi connectivity index (χ3v) is 6.33. The second kappa shape index (κ2) is 8.14. The Balaban J connectivity index is 1.61. The summed E-state index contributed by atoms with van der Waals surface area (Å²) in [4.78, 5) is 20.6. The number of aliphatic hydroxyl groups is 1. The van der Waals surface area contributed by atoms with Crippen molar-refractivity contribution in [3.63, 3.8) is 0 Å². The molecule has 0 saturated carbocycles. The first-order chi connectivity index (χ1) is 16.9. The number of rotatable bonds is 3. The minimum Gasteiger partial charge on any atom is -0.390 e. The van der Waals surface area contributed by atoms with Crippen LogP contribution in [0.2, 0.25) is 0 Å². The number of benzene rings is 1. The molecule has 1 fully saturated rings. The van der Waals surface area contributed by atoms with Gasteiger partial charge in [0.05, 0.1) is 34.8 Å². The maximum absolute atomic E-state index is 13.9. The first kappa shape index (κ1) is 21.7. The van der Waals surface area contributed by atoms with Crippen LogP contribution in [0.15, 0.2) is 48.9 Å². The van der Waals surface area contributed by atoms with Crippen LogP contribution in [0, 0.1) is 0 Å². The number of fused-ring (bicyclic) bond motifs is 4. The molecule has 8 nitrogen and oxygen atoms in total. The number of hydrogen-bond acceptors (Lipinski definition) is 7. The summed E-state index contributed by atoms with van der Waals surface area (Å²) in [7, 11) is 0. The first-order valence-corrected chi connectivity index (χ1v) is 11.1. The normalized spacial score (nSPS) is 19.0. The first-order valence-electron chi connectivity index (χ1n) is 11.1. The molecule has 4 aromatic heterocycles. The lowest BCUT2D eigenvalue weighted by atomic mass is 10.0. The monoisotopic (exact) mass is 479 g/mol. The number of halogens is 3. The molecule has 1 saturated heterocycles. The third-order valence-electron chi connectivity index (χ3n) is 6.33. The zero-order chi connectivity index (χ0) is 24.2. The maximum Gasteiger partial charge on any atom is 0.418 e. The Kier molecular flexibility index (Phi) is 5.04. The largest absolute Gasteiger partial charge is 0.418 e. The fourth-order valence-electron chi connectivity index (χ4n) is 4.66. The van der Waals surface area contributed by atoms with Crippen molar-refractivity contribution in [2.24, 2.45) is 0 Å². The lowest BCUT2D eigenvalue weighted by molar-refractivity contribution is -0.136. The molecule has 1 aliphatic rings. The minimum absolute atomic E-state index is 0.00970. The molecule has 4 N–H and O–H groups in total. The van der Waals surface area contributed by atoms with Gasteiger partial charge in [0.1, 0.15) is 11.5 Å². The number of alkyl halides is 3. The van der Waals surface area contributed by atoms with Crippen LogP contribution in [-0.2, 0) is 6.18 Å². The molecule has 5 aromatic rings. The van der Waals surface area contributed by atoms with Gasteiger partial charge in [0.2, 0.25) is 0 Å². The Hall–Kier alpha value is -3.83. The number of β-amino-alcohol motifs (C(OH)–C–C–N with tert-alkyl or cyclic N) is 1. The summed E-state index contributed by atoms with van der Waals surface area (Å²) in [6, 6.07) is 8.94. The van der Waals surface area contributed by atoms with Crippen LogP contribution in [-0.4, -0.2) is 55.3 Å². The van der Waals surface area contributed by atoms with Crippen LogP contribution in [0.5, 0.6) is 0 Å². The molecule has 0 spiro atoms. The molecule has 1 aromatic carbocycles. The van der Waals surface area contributed by atoms with Crippen molar-refractivity contribution in [1.29, 1.82) is 0 Å². The molecular weight excluding hydrogens is 459 g/mol. The minimum atomic E-state index is -4.65. The van der Waals surface area contributed by atoms with Crippen molar-refractivity contribution in [2.45, 2.75) is 24.7 Å². The predicted molar refractivity (Wildman–Crippen MR) is 126 cm³/mol. The van der Waals surface area contributed by atoms with Crippen LogP contribution in [0.3, 0.4) is 0 Å². The van der Waals surface area contributed by atoms with Crippen molar-refractivity contribution in [3.8, 4) is 11.4 Å². The van der Waals surface area contributed by atoms with E-state index in [2.05, 4.69) is 35.6 Å². The molecular formula is C24H20F3N7O. The van der Waals surface area contributed by atoms with Crippen molar-refractivity contribution in [1.82, 2.24) is 30.2 Å². The highest BCUT2D eigenvalue weighted by Crippen LogP contribution is 2.39. The molecule has 11 heteroatoms. The number of aromatic nitrogens is 5. The van der Waals surface area contributed by atoms with E-state index in [9.17, 15) is 18.3 Å². The molecule has 0 radical (unpaired) electrons. The lowest BCUT2D eigenvalue weighted by Gasteiger charge is -2.30. The number of nitrogens with one attached hydrogen (secondary N) is 3. The highest BCUT2D eigenvalue weighted by atomic mass is 19.4. The van der Waals surface area contributed by atoms with Gasteiger partial charge in [-0.3, -0.25) is 4.98 Å². The van der Waals surface area contributed by atoms with Gasteiger partial charge < -0.3 is 20.7 Å². The Morgan fingerprint density at radius 3 is 2.74 bits per heavy atom. The Morgan fingerprint density at radius 2 is 1.91 bits per heavy atom. The van der Waals surface area contributed by atoms with E-state index in [1.54, 1.807) is 12.3 Å². The van der Waals surface area contributed by atoms with Gasteiger partial charge in [0, 0.05) is 40.8 Å². The van der Waals surface area contributed by atoms with E-state index in [4.69, 9.17) is 0 Å². The lowest BCUT2D eigenvalue weighted by Crippen LogP contribution is -2.47. The molecule has 0 aliphatic carbocycles. The number of H-pyrrole nitrogens is 1. The topological polar surface area (TPSA) is 112 Å². The Morgan fingerprint density at radius 1 is 1.06 bits per heavy atom. The fraction of sp³-hybridized carbons (Fsp3) is 0.250. The van der Waals surface area contributed by atoms with Crippen molar-refractivity contribution in [2.75, 3.05) is 18.4 Å². The van der Waals surface area contributed by atoms with Gasteiger partial charge in [0.15, 0.2) is 5.82 Å². The van der Waals surface area contributed by atoms with Crippen LogP contribution in [0.4, 0.5) is 19.0 Å². The standard InChI is InChI=1S/C24H20F3N7O/c25-24(26,27)14-9-29-10-17-20(14)23(32-16-6-7-28-11-18(16)35)34-21(33-17)13-5-8-30-22-19(13)12-3-1-2-4-15(12)31-22/h1-5,8-10,16,18,28,35H,6-7,11H2,(H,30,31)(H,32,33,34)/t16-,18-/m1/s1. The number of piperidine rings is 1. The van der Waals surface area contributed by atoms with Crippen LogP contribution >= 0.6 is 0 Å². The molecule has 0 unspecified atom stereocenters. The van der Waals surface area contributed by atoms with Crippen molar-refractivity contribution < 1.29 is 18.3 Å². The van der Waals surface area contributed by atoms with Crippen LogP contribution < -0.4 is 10.6 Å². The predicted octanol–water partition coefficient (Wildman–Crippen LogP) is 3.87. The van der Waals surface area contributed by atoms with Gasteiger partial charge in [0.25, 0.3) is 0 Å². The number of aromatic amines is 1. The quantitative estimate of drug-likeness (QED) is 0.311. The molecule has 178 valence electrons. The van der Waals surface area contributed by atoms with E-state index in [0.29, 0.717) is 30.7 Å². The summed E-state index contributed by atoms with van der Waals surface area (Å²) in [6.45, 7) is 0.958. The number of para-hydroxylation sites is 1. The summed E-state index contributed by atoms with van der Waals surface area (Å²) in [5, 5.41) is 18.1. The van der Waals surface area contributed by atoms with Crippen molar-refractivity contribution >= 4 is 38.7 Å². The molecule has 35 heavy (non-hydrogen) atoms. The Labute approximate surface area is 196 Å². The molecule has 5 heterocycles. The van der Waals surface area contributed by atoms with E-state index >= 15 is 0 Å². The third kappa shape index (κ3) is 3.72. The van der Waals surface area contributed by atoms with E-state index in [-0.39, 0.29) is 22.5 Å². The van der Waals surface area contributed by atoms with E-state index in [1.165, 1.54) is 6.20 Å². The van der Waals surface area contributed by atoms with Gasteiger partial charge in [-0.05, 0) is 25.1 Å². The summed E-state index contributed by atoms with van der Waals surface area (Å²) in [6.07, 6.45) is -1.23. The average Bonchev–Trinajstić information content (AvgIpc) is 3.23. The summed E-state index contributed by atoms with van der Waals surface area (Å²) in [5.41, 5.74) is 1.25. The van der Waals surface area contributed by atoms with Crippen LogP contribution in [0.25, 0.3) is 44.2 Å². The van der Waals surface area contributed by atoms with Gasteiger partial charge in [-0.15, -0.1) is 0 Å². The van der Waals surface area contributed by atoms with Crippen LogP contribution in [0.1, 0.15) is 12.0 Å². The number of hydrogen-bond donors (Lipinski definition) is 4. The smallest absolute Gasteiger partial charge is 0.390 e. The maximum atomic E-state index is 13.9. The van der Waals surface area contributed by atoms with Gasteiger partial charge >= 0.3 is 6.18 Å². The fourth-order valence-corrected chi connectivity index (χ4v) is 4.66. The average molecular weight is 479 g/mol. The molecule has 0 amide bonds. The number of nitrogens with zero attached hydrogens (tertiary/aromatic N) is 4. The number of anilines is 1. The number of pyridine rings is 2. The highest BCUT2D eigenvalue weighted by Gasteiger charge is 2.36. The summed E-state index contributed by atoms with van der Waals surface area (Å²) in [5.74, 6) is 0.247. The second-order valence-corrected chi connectivity index (χ2v) is 8.54. The zero-order valence-electron chi connectivity index (χ0n) is 18.3. The summed E-state index contributed by atoms with van der Waals surface area (Å²) >= 11 is 0. The van der Waals surface area contributed by atoms with E-state index in [1.807, 2.05) is 24.3 Å². The van der Waals surface area contributed by atoms with Gasteiger partial charge in [-0.25, -0.2) is 15.0 Å². The highest BCUT2D eigenvalue weighted by molar-refractivity contribution is 6.12. The molecule has 6 rings (SSSR count). The van der Waals surface area contributed by atoms with E-state index in [0.717, 1.165) is 22.5 Å². The second-order valence-electron chi connectivity index (χ2n) is 8.54. The molecule has 0 bridgehead atoms.